The van der Waals surface area contributed by atoms with Crippen LogP contribution in [0.15, 0.2) is 0 Å². The summed E-state index contributed by atoms with van der Waals surface area (Å²) in [4.78, 5) is 0. The van der Waals surface area contributed by atoms with Crippen LogP contribution >= 0.6 is 0 Å². The molecule has 12 heteroatoms. The van der Waals surface area contributed by atoms with Crippen molar-refractivity contribution in [3.05, 3.63) is 0 Å². The predicted octanol–water partition coefficient (Wildman–Crippen LogP) is 1.64. The Morgan fingerprint density at radius 2 is 1.28 bits per heavy atom. The monoisotopic (exact) mass is 324 g/mol. The van der Waals surface area contributed by atoms with E-state index in [2.05, 4.69) is 4.12 Å². The molecule has 1 nitrogen and oxygen atoms in total. The van der Waals surface area contributed by atoms with Gasteiger partial charge in [-0.05, 0) is 6.04 Å². The molecule has 0 aliphatic heterocycles. The van der Waals surface area contributed by atoms with Gasteiger partial charge in [0.25, 0.3) is 0 Å². The van der Waals surface area contributed by atoms with Crippen LogP contribution in [-0.2, 0) is 4.12 Å². The van der Waals surface area contributed by atoms with Crippen LogP contribution in [0.4, 0.5) is 39.5 Å². The normalized spacial score (nSPS) is 15.8. The molecule has 0 amide bonds. The van der Waals surface area contributed by atoms with E-state index in [9.17, 15) is 39.5 Å². The largest absolute Gasteiger partial charge is 0.468 e. The van der Waals surface area contributed by atoms with Crippen LogP contribution in [0, 0.1) is 0 Å². The third-order valence-corrected chi connectivity index (χ3v) is 4.32. The Labute approximate surface area is 101 Å². The minimum atomic E-state index is -6.78. The lowest BCUT2D eigenvalue weighted by molar-refractivity contribution is -0.396. The molecule has 0 atom stereocenters. The van der Waals surface area contributed by atoms with Crippen molar-refractivity contribution in [1.29, 1.82) is 0 Å². The molecular formula is C6H9F9OSi2. The third-order valence-electron chi connectivity index (χ3n) is 2.05. The zero-order valence-corrected chi connectivity index (χ0v) is 12.3. The number of hydrogen-bond acceptors (Lipinski definition) is 1. The molecular weight excluding hydrogens is 315 g/mol. The molecule has 0 radical (unpaired) electrons. The van der Waals surface area contributed by atoms with E-state index < -0.39 is 46.2 Å². The van der Waals surface area contributed by atoms with Crippen LogP contribution < -0.4 is 0 Å². The van der Waals surface area contributed by atoms with Crippen LogP contribution in [0.5, 0.6) is 0 Å². The molecule has 0 unspecified atom stereocenters. The van der Waals surface area contributed by atoms with Gasteiger partial charge in [-0.15, -0.1) is 0 Å². The van der Waals surface area contributed by atoms with Gasteiger partial charge in [-0.2, -0.15) is 39.5 Å². The zero-order valence-electron chi connectivity index (χ0n) is 8.93. The molecule has 0 saturated carbocycles. The number of rotatable bonds is 6. The number of hydrogen-bond donors (Lipinski definition) is 0. The summed E-state index contributed by atoms with van der Waals surface area (Å²) < 4.78 is 115. The van der Waals surface area contributed by atoms with E-state index in [0.29, 0.717) is 0 Å². The Kier molecular flexibility index (Phi) is 5.33. The predicted molar refractivity (Wildman–Crippen MR) is 49.9 cm³/mol. The fourth-order valence-corrected chi connectivity index (χ4v) is 2.75. The SMILES string of the molecule is FC(F)(F)C(F)(F)C(F)(F)C(F)(F)CC[SiH2]O[SiH3]. The lowest BCUT2D eigenvalue weighted by Crippen LogP contribution is -2.60. The molecule has 0 saturated heterocycles. The highest BCUT2D eigenvalue weighted by Crippen LogP contribution is 2.54. The first-order valence-electron chi connectivity index (χ1n) is 4.50. The van der Waals surface area contributed by atoms with Crippen molar-refractivity contribution in [3.8, 4) is 0 Å². The van der Waals surface area contributed by atoms with Crippen LogP contribution in [0.2, 0.25) is 6.04 Å². The van der Waals surface area contributed by atoms with Crippen molar-refractivity contribution in [2.24, 2.45) is 0 Å². The zero-order chi connectivity index (χ0) is 14.8. The van der Waals surface area contributed by atoms with Gasteiger partial charge in [0.05, 0.1) is 0 Å². The summed E-state index contributed by atoms with van der Waals surface area (Å²) in [7, 11) is -1.41. The minimum Gasteiger partial charge on any atom is -0.468 e. The number of halogens is 9. The standard InChI is InChI=1S/C6H9F9OSi2/c7-3(8,1-2-18-16-17)4(9,10)5(11,12)6(13,14)15/h1-2,18H2,17H3. The third kappa shape index (κ3) is 3.20. The molecule has 0 aliphatic rings. The van der Waals surface area contributed by atoms with Gasteiger partial charge in [-0.1, -0.05) is 0 Å². The van der Waals surface area contributed by atoms with Gasteiger partial charge < -0.3 is 4.12 Å². The first-order chi connectivity index (χ1) is 7.81. The van der Waals surface area contributed by atoms with Crippen molar-refractivity contribution in [2.45, 2.75) is 36.4 Å². The van der Waals surface area contributed by atoms with Crippen molar-refractivity contribution in [1.82, 2.24) is 0 Å². The van der Waals surface area contributed by atoms with E-state index in [1.54, 1.807) is 0 Å². The van der Waals surface area contributed by atoms with E-state index in [4.69, 9.17) is 0 Å². The second-order valence-electron chi connectivity index (χ2n) is 3.45. The average molecular weight is 324 g/mol. The van der Waals surface area contributed by atoms with Crippen LogP contribution in [-0.4, -0.2) is 44.2 Å². The second-order valence-corrected chi connectivity index (χ2v) is 6.87. The lowest BCUT2D eigenvalue weighted by Gasteiger charge is -2.33. The van der Waals surface area contributed by atoms with E-state index in [1.807, 2.05) is 0 Å². The van der Waals surface area contributed by atoms with E-state index >= 15 is 0 Å². The maximum atomic E-state index is 12.8. The maximum absolute atomic E-state index is 12.8. The molecule has 18 heavy (non-hydrogen) atoms. The molecule has 110 valence electrons. The Hall–Kier alpha value is -0.236. The second kappa shape index (κ2) is 5.40. The molecule has 0 N–H and O–H groups in total. The van der Waals surface area contributed by atoms with Crippen molar-refractivity contribution >= 4 is 20.2 Å². The topological polar surface area (TPSA) is 9.23 Å². The molecule has 0 aromatic rings. The first kappa shape index (κ1) is 17.8. The molecule has 0 spiro atoms. The summed E-state index contributed by atoms with van der Waals surface area (Å²) in [6, 6.07) is -0.611. The first-order valence-corrected chi connectivity index (χ1v) is 6.90. The van der Waals surface area contributed by atoms with Gasteiger partial charge in [-0.25, -0.2) is 0 Å². The van der Waals surface area contributed by atoms with Crippen molar-refractivity contribution in [3.63, 3.8) is 0 Å². The van der Waals surface area contributed by atoms with Crippen LogP contribution in [0.1, 0.15) is 6.42 Å². The maximum Gasteiger partial charge on any atom is 0.460 e. The summed E-state index contributed by atoms with van der Waals surface area (Å²) in [5, 5.41) is 0. The molecule has 0 aliphatic carbocycles. The molecule has 0 fully saturated rings. The Morgan fingerprint density at radius 3 is 1.61 bits per heavy atom. The minimum absolute atomic E-state index is 0.164. The highest BCUT2D eigenvalue weighted by molar-refractivity contribution is 6.34. The summed E-state index contributed by atoms with van der Waals surface area (Å²) in [6.07, 6.45) is -8.51. The van der Waals surface area contributed by atoms with Crippen molar-refractivity contribution < 1.29 is 43.6 Å². The molecule has 0 heterocycles. The van der Waals surface area contributed by atoms with E-state index in [1.165, 1.54) is 0 Å². The van der Waals surface area contributed by atoms with E-state index in [0.717, 1.165) is 0 Å². The van der Waals surface area contributed by atoms with E-state index in [-0.39, 0.29) is 10.5 Å². The summed E-state index contributed by atoms with van der Waals surface area (Å²) in [5.74, 6) is -18.7. The molecule has 0 aromatic heterocycles. The highest BCUT2D eigenvalue weighted by Gasteiger charge is 2.81. The summed E-state index contributed by atoms with van der Waals surface area (Å²) in [6.45, 7) is 0. The Bertz CT molecular complexity index is 277. The van der Waals surface area contributed by atoms with Gasteiger partial charge in [0.2, 0.25) is 0 Å². The molecule has 0 rings (SSSR count). The van der Waals surface area contributed by atoms with Gasteiger partial charge in [0, 0.05) is 6.42 Å². The Morgan fingerprint density at radius 1 is 0.833 bits per heavy atom. The lowest BCUT2D eigenvalue weighted by atomic mass is 10.0. The highest BCUT2D eigenvalue weighted by atomic mass is 28.3. The van der Waals surface area contributed by atoms with Gasteiger partial charge in [0.1, 0.15) is 20.2 Å². The quantitative estimate of drug-likeness (QED) is 0.410. The number of alkyl halides is 9. The van der Waals surface area contributed by atoms with Crippen LogP contribution in [0.3, 0.4) is 0 Å². The summed E-state index contributed by atoms with van der Waals surface area (Å²) >= 11 is 0. The summed E-state index contributed by atoms with van der Waals surface area (Å²) in [5.41, 5.74) is 0. The smallest absolute Gasteiger partial charge is 0.460 e. The van der Waals surface area contributed by atoms with Crippen LogP contribution in [0.25, 0.3) is 0 Å². The fourth-order valence-electron chi connectivity index (χ4n) is 1.00. The molecule has 0 aromatic carbocycles. The van der Waals surface area contributed by atoms with Crippen molar-refractivity contribution in [2.75, 3.05) is 0 Å². The van der Waals surface area contributed by atoms with Gasteiger partial charge >= 0.3 is 23.9 Å². The Balaban J connectivity index is 5.11. The van der Waals surface area contributed by atoms with Gasteiger partial charge in [0.15, 0.2) is 0 Å². The molecule has 0 bridgehead atoms. The fraction of sp³-hybridized carbons (Fsp3) is 1.00. The average Bonchev–Trinajstić information content (AvgIpc) is 2.15. The van der Waals surface area contributed by atoms with Gasteiger partial charge in [-0.3, -0.25) is 0 Å².